The SMILES string of the molecule is CN1CCN(c2ccnc(-c3cnc(Nc4ccnc(-c5cnn(S(=O)(=O)C6CC6)c5)n4)cc3NC3CCC(C)(O)CC3)c2)CC1. The van der Waals surface area contributed by atoms with Crippen molar-refractivity contribution >= 4 is 33.0 Å². The molecule has 5 heterocycles. The van der Waals surface area contributed by atoms with Crippen LogP contribution in [0.2, 0.25) is 0 Å². The highest BCUT2D eigenvalue weighted by Gasteiger charge is 2.37. The number of hydrogen-bond donors (Lipinski definition) is 3. The molecule has 0 unspecified atom stereocenters. The van der Waals surface area contributed by atoms with E-state index in [0.29, 0.717) is 35.9 Å². The first-order chi connectivity index (χ1) is 22.1. The lowest BCUT2D eigenvalue weighted by molar-refractivity contribution is 0.0196. The number of nitrogens with one attached hydrogen (secondary N) is 2. The number of likely N-dealkylation sites (N-methyl/N-ethyl adjacent to an activating group) is 1. The second-order valence-corrected chi connectivity index (χ2v) is 15.0. The Balaban J connectivity index is 1.15. The third-order valence-electron chi connectivity index (χ3n) is 9.15. The summed E-state index contributed by atoms with van der Waals surface area (Å²) in [5.74, 6) is 1.45. The Hall–Kier alpha value is -4.14. The van der Waals surface area contributed by atoms with Gasteiger partial charge in [-0.05, 0) is 70.7 Å². The van der Waals surface area contributed by atoms with Crippen molar-refractivity contribution in [3.8, 4) is 22.6 Å². The van der Waals surface area contributed by atoms with E-state index in [-0.39, 0.29) is 11.3 Å². The normalized spacial score (nSPS) is 22.5. The molecule has 46 heavy (non-hydrogen) atoms. The molecule has 242 valence electrons. The minimum atomic E-state index is -3.48. The van der Waals surface area contributed by atoms with Gasteiger partial charge in [0.25, 0.3) is 10.0 Å². The van der Waals surface area contributed by atoms with Crippen LogP contribution in [0.3, 0.4) is 0 Å². The van der Waals surface area contributed by atoms with E-state index in [4.69, 9.17) is 9.97 Å². The molecule has 0 bridgehead atoms. The Labute approximate surface area is 269 Å². The minimum Gasteiger partial charge on any atom is -0.390 e. The molecule has 2 saturated carbocycles. The van der Waals surface area contributed by atoms with E-state index in [1.54, 1.807) is 12.3 Å². The molecule has 7 rings (SSSR count). The van der Waals surface area contributed by atoms with Crippen LogP contribution in [-0.4, -0.2) is 97.7 Å². The summed E-state index contributed by atoms with van der Waals surface area (Å²) in [4.78, 5) is 23.2. The summed E-state index contributed by atoms with van der Waals surface area (Å²) in [7, 11) is -1.33. The van der Waals surface area contributed by atoms with Gasteiger partial charge in [-0.25, -0.2) is 23.4 Å². The molecule has 0 radical (unpaired) electrons. The van der Waals surface area contributed by atoms with Crippen molar-refractivity contribution in [1.29, 1.82) is 0 Å². The van der Waals surface area contributed by atoms with Gasteiger partial charge in [-0.2, -0.15) is 9.19 Å². The Morgan fingerprint density at radius 2 is 1.70 bits per heavy atom. The van der Waals surface area contributed by atoms with Gasteiger partial charge in [-0.3, -0.25) is 4.98 Å². The quantitative estimate of drug-likeness (QED) is 0.243. The maximum Gasteiger partial charge on any atom is 0.256 e. The van der Waals surface area contributed by atoms with Crippen LogP contribution >= 0.6 is 0 Å². The number of hydrogen-bond acceptors (Lipinski definition) is 12. The number of aromatic nitrogens is 6. The van der Waals surface area contributed by atoms with Gasteiger partial charge in [0, 0.05) is 73.8 Å². The topological polar surface area (TPSA) is 154 Å². The molecule has 3 N–H and O–H groups in total. The highest BCUT2D eigenvalue weighted by atomic mass is 32.2. The van der Waals surface area contributed by atoms with Gasteiger partial charge in [0.05, 0.1) is 34.5 Å². The van der Waals surface area contributed by atoms with Crippen LogP contribution in [0.4, 0.5) is 23.0 Å². The van der Waals surface area contributed by atoms with Gasteiger partial charge in [0.15, 0.2) is 5.82 Å². The van der Waals surface area contributed by atoms with Crippen molar-refractivity contribution in [2.75, 3.05) is 48.8 Å². The number of piperazine rings is 1. The van der Waals surface area contributed by atoms with Gasteiger partial charge in [0.2, 0.25) is 0 Å². The van der Waals surface area contributed by atoms with Crippen LogP contribution in [-0.2, 0) is 10.0 Å². The largest absolute Gasteiger partial charge is 0.390 e. The fourth-order valence-corrected chi connectivity index (χ4v) is 7.53. The summed E-state index contributed by atoms with van der Waals surface area (Å²) in [5.41, 5.74) is 3.65. The van der Waals surface area contributed by atoms with Gasteiger partial charge in [0.1, 0.15) is 11.6 Å². The molecule has 13 nitrogen and oxygen atoms in total. The van der Waals surface area contributed by atoms with Crippen molar-refractivity contribution in [1.82, 2.24) is 34.0 Å². The number of rotatable bonds is 9. The van der Waals surface area contributed by atoms with E-state index in [1.807, 2.05) is 25.4 Å². The van der Waals surface area contributed by atoms with Gasteiger partial charge >= 0.3 is 0 Å². The highest BCUT2D eigenvalue weighted by Crippen LogP contribution is 2.35. The number of pyridine rings is 2. The third-order valence-corrected chi connectivity index (χ3v) is 11.2. The monoisotopic (exact) mass is 644 g/mol. The first-order valence-electron chi connectivity index (χ1n) is 15.9. The summed E-state index contributed by atoms with van der Waals surface area (Å²) in [5, 5.41) is 21.3. The lowest BCUT2D eigenvalue weighted by Gasteiger charge is -2.34. The van der Waals surface area contributed by atoms with E-state index in [1.165, 1.54) is 12.4 Å². The fraction of sp³-hybridized carbons (Fsp3) is 0.469. The second kappa shape index (κ2) is 12.2. The number of aliphatic hydroxyl groups is 1. The van der Waals surface area contributed by atoms with Gasteiger partial charge in [-0.1, -0.05) is 0 Å². The first-order valence-corrected chi connectivity index (χ1v) is 17.4. The maximum absolute atomic E-state index is 12.6. The van der Waals surface area contributed by atoms with Crippen molar-refractivity contribution in [2.24, 2.45) is 0 Å². The summed E-state index contributed by atoms with van der Waals surface area (Å²) in [6, 6.07) is 8.10. The maximum atomic E-state index is 12.6. The molecule has 1 saturated heterocycles. The zero-order valence-electron chi connectivity index (χ0n) is 26.2. The molecule has 3 aliphatic rings. The summed E-state index contributed by atoms with van der Waals surface area (Å²) >= 11 is 0. The zero-order chi connectivity index (χ0) is 31.9. The average molecular weight is 645 g/mol. The molecule has 4 aromatic heterocycles. The molecule has 0 spiro atoms. The predicted molar refractivity (Wildman–Crippen MR) is 178 cm³/mol. The van der Waals surface area contributed by atoms with Gasteiger partial charge in [-0.15, -0.1) is 0 Å². The highest BCUT2D eigenvalue weighted by molar-refractivity contribution is 7.90. The first kappa shape index (κ1) is 30.5. The minimum absolute atomic E-state index is 0.198. The average Bonchev–Trinajstić information content (AvgIpc) is 3.80. The third kappa shape index (κ3) is 6.69. The van der Waals surface area contributed by atoms with Crippen LogP contribution in [0.1, 0.15) is 45.4 Å². The Bertz CT molecular complexity index is 1810. The number of anilines is 4. The summed E-state index contributed by atoms with van der Waals surface area (Å²) in [6.45, 7) is 5.87. The zero-order valence-corrected chi connectivity index (χ0v) is 27.0. The molecular weight excluding hydrogens is 604 g/mol. The van der Waals surface area contributed by atoms with Crippen molar-refractivity contribution in [3.05, 3.63) is 55.2 Å². The van der Waals surface area contributed by atoms with Crippen molar-refractivity contribution in [3.63, 3.8) is 0 Å². The Kier molecular flexibility index (Phi) is 8.11. The lowest BCUT2D eigenvalue weighted by atomic mass is 9.83. The molecule has 0 amide bonds. The van der Waals surface area contributed by atoms with Crippen LogP contribution < -0.4 is 15.5 Å². The molecular formula is C32H40N10O3S. The van der Waals surface area contributed by atoms with Crippen LogP contribution in [0.15, 0.2) is 55.2 Å². The molecule has 3 fully saturated rings. The molecule has 4 aromatic rings. The molecule has 0 aromatic carbocycles. The smallest absolute Gasteiger partial charge is 0.256 e. The van der Waals surface area contributed by atoms with E-state index in [0.717, 1.165) is 78.6 Å². The Morgan fingerprint density at radius 3 is 2.46 bits per heavy atom. The van der Waals surface area contributed by atoms with Crippen LogP contribution in [0, 0.1) is 0 Å². The lowest BCUT2D eigenvalue weighted by Crippen LogP contribution is -2.44. The van der Waals surface area contributed by atoms with Crippen molar-refractivity contribution in [2.45, 2.75) is 62.3 Å². The Morgan fingerprint density at radius 1 is 0.935 bits per heavy atom. The summed E-state index contributed by atoms with van der Waals surface area (Å²) < 4.78 is 26.2. The molecule has 0 atom stereocenters. The van der Waals surface area contributed by atoms with Crippen molar-refractivity contribution < 1.29 is 13.5 Å². The van der Waals surface area contributed by atoms with E-state index < -0.39 is 15.6 Å². The van der Waals surface area contributed by atoms with E-state index in [2.05, 4.69) is 54.7 Å². The molecule has 1 aliphatic heterocycles. The van der Waals surface area contributed by atoms with Gasteiger partial charge < -0.3 is 25.5 Å². The molecule has 14 heteroatoms. The van der Waals surface area contributed by atoms with Crippen LogP contribution in [0.5, 0.6) is 0 Å². The fourth-order valence-electron chi connectivity index (χ4n) is 6.06. The molecule has 2 aliphatic carbocycles. The predicted octanol–water partition coefficient (Wildman–Crippen LogP) is 3.74. The summed E-state index contributed by atoms with van der Waals surface area (Å²) in [6.07, 6.45) is 12.7. The second-order valence-electron chi connectivity index (χ2n) is 13.0. The standard InChI is InChI=1S/C32H40N10O3S/c1-32(43)9-5-23(6-10-32)37-28-18-30(35-20-26(28)27-17-24(7-11-33-27)41-15-13-40(2)14-16-41)38-29-8-12-34-31(39-29)22-19-36-42(21-22)46(44,45)25-3-4-25/h7-8,11-12,17-21,23,25,43H,3-6,9-10,13-16H2,1-2H3,(H2,34,35,37,38,39). The van der Waals surface area contributed by atoms with E-state index >= 15 is 0 Å². The van der Waals surface area contributed by atoms with Crippen LogP contribution in [0.25, 0.3) is 22.6 Å². The number of nitrogens with zero attached hydrogens (tertiary/aromatic N) is 8. The van der Waals surface area contributed by atoms with E-state index in [9.17, 15) is 13.5 Å².